The Bertz CT molecular complexity index is 559. The van der Waals surface area contributed by atoms with Crippen molar-refractivity contribution in [3.8, 4) is 5.75 Å². The minimum atomic E-state index is 0.111. The molecule has 3 heteroatoms. The van der Waals surface area contributed by atoms with E-state index in [1.165, 1.54) is 10.5 Å². The van der Waals surface area contributed by atoms with Crippen LogP contribution in [0.4, 0.5) is 0 Å². The van der Waals surface area contributed by atoms with Crippen LogP contribution in [-0.2, 0) is 6.42 Å². The highest BCUT2D eigenvalue weighted by atomic mass is 32.2. The summed E-state index contributed by atoms with van der Waals surface area (Å²) in [5, 5.41) is 0. The molecule has 0 spiro atoms. The van der Waals surface area contributed by atoms with Gasteiger partial charge in [0.25, 0.3) is 0 Å². The van der Waals surface area contributed by atoms with Gasteiger partial charge in [-0.15, -0.1) is 11.8 Å². The minimum absolute atomic E-state index is 0.111. The van der Waals surface area contributed by atoms with Gasteiger partial charge in [-0.3, -0.25) is 4.79 Å². The minimum Gasteiger partial charge on any atom is -0.497 e. The number of hydrogen-bond acceptors (Lipinski definition) is 3. The number of hydrogen-bond donors (Lipinski definition) is 0. The predicted octanol–water partition coefficient (Wildman–Crippen LogP) is 4.23. The lowest BCUT2D eigenvalue weighted by Gasteiger charge is -2.04. The second-order valence-electron chi connectivity index (χ2n) is 4.53. The van der Waals surface area contributed by atoms with Crippen LogP contribution in [0.1, 0.15) is 22.8 Å². The number of ketones is 1. The first kappa shape index (κ1) is 14.7. The van der Waals surface area contributed by atoms with E-state index >= 15 is 0 Å². The molecule has 0 radical (unpaired) electrons. The Kier molecular flexibility index (Phi) is 5.24. The molecule has 2 nitrogen and oxygen atoms in total. The van der Waals surface area contributed by atoms with Gasteiger partial charge in [-0.05, 0) is 43.2 Å². The normalized spacial score (nSPS) is 10.3. The molecular weight excluding hydrogens is 268 g/mol. The van der Waals surface area contributed by atoms with Crippen LogP contribution in [0.3, 0.4) is 0 Å². The van der Waals surface area contributed by atoms with Crippen molar-refractivity contribution in [1.29, 1.82) is 0 Å². The first-order valence-corrected chi connectivity index (χ1v) is 7.54. The van der Waals surface area contributed by atoms with E-state index in [1.54, 1.807) is 25.8 Å². The van der Waals surface area contributed by atoms with E-state index in [0.29, 0.717) is 0 Å². The number of Topliss-reactive ketones (excluding diaryl/α,β-unsaturated/α-hetero) is 1. The second-order valence-corrected chi connectivity index (χ2v) is 5.70. The third kappa shape index (κ3) is 4.14. The molecule has 0 N–H and O–H groups in total. The number of benzene rings is 2. The van der Waals surface area contributed by atoms with E-state index in [4.69, 9.17) is 4.74 Å². The Morgan fingerprint density at radius 3 is 2.25 bits per heavy atom. The number of methoxy groups -OCH3 is 1. The van der Waals surface area contributed by atoms with Gasteiger partial charge in [-0.1, -0.05) is 24.3 Å². The van der Waals surface area contributed by atoms with Crippen LogP contribution >= 0.6 is 11.8 Å². The number of aryl methyl sites for hydroxylation is 1. The zero-order chi connectivity index (χ0) is 14.4. The van der Waals surface area contributed by atoms with Gasteiger partial charge in [-0.2, -0.15) is 0 Å². The van der Waals surface area contributed by atoms with Gasteiger partial charge in [0.15, 0.2) is 5.78 Å². The van der Waals surface area contributed by atoms with E-state index < -0.39 is 0 Å². The summed E-state index contributed by atoms with van der Waals surface area (Å²) in [4.78, 5) is 12.4. The number of ether oxygens (including phenoxy) is 1. The first-order valence-electron chi connectivity index (χ1n) is 6.56. The van der Waals surface area contributed by atoms with E-state index in [0.717, 1.165) is 23.5 Å². The van der Waals surface area contributed by atoms with Crippen molar-refractivity contribution < 1.29 is 9.53 Å². The Morgan fingerprint density at radius 1 is 1.05 bits per heavy atom. The summed E-state index contributed by atoms with van der Waals surface area (Å²) < 4.78 is 5.14. The largest absolute Gasteiger partial charge is 0.497 e. The fourth-order valence-electron chi connectivity index (χ4n) is 1.86. The van der Waals surface area contributed by atoms with Gasteiger partial charge in [0.05, 0.1) is 7.11 Å². The highest BCUT2D eigenvalue weighted by molar-refractivity contribution is 7.99. The molecule has 2 rings (SSSR count). The topological polar surface area (TPSA) is 26.3 Å². The predicted molar refractivity (Wildman–Crippen MR) is 83.9 cm³/mol. The molecule has 0 aliphatic rings. The Labute approximate surface area is 124 Å². The van der Waals surface area contributed by atoms with Crippen LogP contribution in [0, 0.1) is 0 Å². The van der Waals surface area contributed by atoms with Gasteiger partial charge in [-0.25, -0.2) is 0 Å². The van der Waals surface area contributed by atoms with Gasteiger partial charge in [0.2, 0.25) is 0 Å². The van der Waals surface area contributed by atoms with Crippen LogP contribution < -0.4 is 4.74 Å². The summed E-state index contributed by atoms with van der Waals surface area (Å²) in [5.74, 6) is 2.02. The zero-order valence-corrected chi connectivity index (χ0v) is 12.6. The van der Waals surface area contributed by atoms with Crippen LogP contribution in [0.5, 0.6) is 5.75 Å². The lowest BCUT2D eigenvalue weighted by molar-refractivity contribution is 0.101. The van der Waals surface area contributed by atoms with Crippen molar-refractivity contribution in [2.45, 2.75) is 18.2 Å². The third-order valence-corrected chi connectivity index (χ3v) is 4.09. The maximum atomic E-state index is 11.2. The number of rotatable bonds is 6. The van der Waals surface area contributed by atoms with Gasteiger partial charge in [0.1, 0.15) is 5.75 Å². The standard InChI is InChI=1S/C17H18O2S/c1-13(18)15-5-9-17(10-6-15)20-12-11-14-3-7-16(19-2)8-4-14/h3-10H,11-12H2,1-2H3. The summed E-state index contributed by atoms with van der Waals surface area (Å²) in [5.41, 5.74) is 2.07. The molecule has 0 unspecified atom stereocenters. The summed E-state index contributed by atoms with van der Waals surface area (Å²) in [6.07, 6.45) is 1.02. The van der Waals surface area contributed by atoms with E-state index in [1.807, 2.05) is 36.4 Å². The van der Waals surface area contributed by atoms with Crippen molar-refractivity contribution in [3.63, 3.8) is 0 Å². The smallest absolute Gasteiger partial charge is 0.159 e. The lowest BCUT2D eigenvalue weighted by Crippen LogP contribution is -1.92. The van der Waals surface area contributed by atoms with Crippen molar-refractivity contribution in [2.24, 2.45) is 0 Å². The average molecular weight is 286 g/mol. The Morgan fingerprint density at radius 2 is 1.70 bits per heavy atom. The van der Waals surface area contributed by atoms with E-state index in [2.05, 4.69) is 12.1 Å². The number of carbonyl (C=O) groups excluding carboxylic acids is 1. The van der Waals surface area contributed by atoms with Gasteiger partial charge < -0.3 is 4.74 Å². The van der Waals surface area contributed by atoms with Gasteiger partial charge in [0, 0.05) is 16.2 Å². The van der Waals surface area contributed by atoms with Gasteiger partial charge >= 0.3 is 0 Å². The molecule has 0 saturated heterocycles. The molecule has 0 bridgehead atoms. The molecule has 2 aromatic rings. The van der Waals surface area contributed by atoms with Crippen molar-refractivity contribution in [1.82, 2.24) is 0 Å². The lowest BCUT2D eigenvalue weighted by atomic mass is 10.2. The van der Waals surface area contributed by atoms with Crippen molar-refractivity contribution >= 4 is 17.5 Å². The molecule has 0 atom stereocenters. The van der Waals surface area contributed by atoms with Crippen molar-refractivity contribution in [2.75, 3.05) is 12.9 Å². The third-order valence-electron chi connectivity index (χ3n) is 3.08. The summed E-state index contributed by atoms with van der Waals surface area (Å²) >= 11 is 1.80. The zero-order valence-electron chi connectivity index (χ0n) is 11.8. The number of carbonyl (C=O) groups is 1. The van der Waals surface area contributed by atoms with E-state index in [9.17, 15) is 4.79 Å². The molecule has 2 aromatic carbocycles. The summed E-state index contributed by atoms with van der Waals surface area (Å²) in [6.45, 7) is 1.59. The fourth-order valence-corrected chi connectivity index (χ4v) is 2.77. The SMILES string of the molecule is COc1ccc(CCSc2ccc(C(C)=O)cc2)cc1. The quantitative estimate of drug-likeness (QED) is 0.587. The molecule has 0 amide bonds. The molecule has 20 heavy (non-hydrogen) atoms. The highest BCUT2D eigenvalue weighted by Crippen LogP contribution is 2.20. The second kappa shape index (κ2) is 7.15. The van der Waals surface area contributed by atoms with Crippen LogP contribution in [0.25, 0.3) is 0 Å². The van der Waals surface area contributed by atoms with Crippen molar-refractivity contribution in [3.05, 3.63) is 59.7 Å². The fraction of sp³-hybridized carbons (Fsp3) is 0.235. The first-order chi connectivity index (χ1) is 9.69. The molecule has 0 aromatic heterocycles. The average Bonchev–Trinajstić information content (AvgIpc) is 2.48. The highest BCUT2D eigenvalue weighted by Gasteiger charge is 2.00. The molecular formula is C17H18O2S. The molecule has 0 aliphatic heterocycles. The molecule has 0 aliphatic carbocycles. The summed E-state index contributed by atoms with van der Waals surface area (Å²) in [7, 11) is 1.68. The van der Waals surface area contributed by atoms with Crippen LogP contribution in [0.2, 0.25) is 0 Å². The monoisotopic (exact) mass is 286 g/mol. The molecule has 0 heterocycles. The maximum Gasteiger partial charge on any atom is 0.159 e. The number of thioether (sulfide) groups is 1. The maximum absolute atomic E-state index is 11.2. The van der Waals surface area contributed by atoms with Crippen LogP contribution in [-0.4, -0.2) is 18.6 Å². The molecule has 0 fully saturated rings. The Hall–Kier alpha value is -1.74. The van der Waals surface area contributed by atoms with E-state index in [-0.39, 0.29) is 5.78 Å². The summed E-state index contributed by atoms with van der Waals surface area (Å²) in [6, 6.07) is 16.0. The molecule has 104 valence electrons. The Balaban J connectivity index is 1.84. The molecule has 0 saturated carbocycles. The van der Waals surface area contributed by atoms with Crippen LogP contribution in [0.15, 0.2) is 53.4 Å².